The number of nitrogens with zero attached hydrogens (tertiary/aromatic N) is 1. The molecular weight excluding hydrogens is 232 g/mol. The van der Waals surface area contributed by atoms with Gasteiger partial charge in [0.2, 0.25) is 5.91 Å². The van der Waals surface area contributed by atoms with Gasteiger partial charge in [-0.15, -0.1) is 0 Å². The van der Waals surface area contributed by atoms with Crippen molar-refractivity contribution in [2.75, 3.05) is 26.7 Å². The fourth-order valence-electron chi connectivity index (χ4n) is 1.53. The van der Waals surface area contributed by atoms with Crippen LogP contribution >= 0.6 is 0 Å². The van der Waals surface area contributed by atoms with Gasteiger partial charge in [0.25, 0.3) is 0 Å². The zero-order chi connectivity index (χ0) is 14.0. The molecule has 0 aliphatic rings. The van der Waals surface area contributed by atoms with Gasteiger partial charge >= 0.3 is 5.97 Å². The van der Waals surface area contributed by atoms with Crippen molar-refractivity contribution in [3.63, 3.8) is 0 Å². The lowest BCUT2D eigenvalue weighted by atomic mass is 10.2. The number of hydrogen-bond donors (Lipinski definition) is 2. The summed E-state index contributed by atoms with van der Waals surface area (Å²) in [7, 11) is 1.91. The molecule has 0 saturated heterocycles. The standard InChI is InChI=1S/C13H26N2O3/c1-11(2)9-14-12(16)10-15(3)8-6-4-5-7-13(17)18/h11H,4-10H2,1-3H3,(H,14,16)(H,17,18). The predicted molar refractivity (Wildman–Crippen MR) is 71.4 cm³/mol. The Morgan fingerprint density at radius 2 is 1.89 bits per heavy atom. The topological polar surface area (TPSA) is 69.6 Å². The summed E-state index contributed by atoms with van der Waals surface area (Å²) in [6, 6.07) is 0. The molecule has 0 aromatic heterocycles. The number of carboxylic acids is 1. The Labute approximate surface area is 110 Å². The number of carboxylic acid groups (broad SMARTS) is 1. The number of hydrogen-bond acceptors (Lipinski definition) is 3. The largest absolute Gasteiger partial charge is 0.481 e. The fraction of sp³-hybridized carbons (Fsp3) is 0.846. The van der Waals surface area contributed by atoms with Crippen LogP contribution in [0.15, 0.2) is 0 Å². The van der Waals surface area contributed by atoms with E-state index in [1.54, 1.807) is 0 Å². The minimum atomic E-state index is -0.739. The maximum atomic E-state index is 11.5. The molecule has 0 spiro atoms. The van der Waals surface area contributed by atoms with Crippen LogP contribution in [-0.2, 0) is 9.59 Å². The lowest BCUT2D eigenvalue weighted by molar-refractivity contribution is -0.137. The van der Waals surface area contributed by atoms with Crippen molar-refractivity contribution in [1.29, 1.82) is 0 Å². The van der Waals surface area contributed by atoms with Crippen molar-refractivity contribution >= 4 is 11.9 Å². The summed E-state index contributed by atoms with van der Waals surface area (Å²) in [6.45, 7) is 6.07. The monoisotopic (exact) mass is 258 g/mol. The van der Waals surface area contributed by atoms with Crippen LogP contribution in [0, 0.1) is 5.92 Å². The van der Waals surface area contributed by atoms with E-state index in [0.717, 1.165) is 19.4 Å². The Bertz CT molecular complexity index is 255. The molecule has 0 atom stereocenters. The van der Waals surface area contributed by atoms with Crippen LogP contribution in [0.5, 0.6) is 0 Å². The van der Waals surface area contributed by atoms with E-state index in [0.29, 0.717) is 25.4 Å². The molecular formula is C13H26N2O3. The fourth-order valence-corrected chi connectivity index (χ4v) is 1.53. The normalized spacial score (nSPS) is 10.9. The number of unbranched alkanes of at least 4 members (excludes halogenated alkanes) is 2. The summed E-state index contributed by atoms with van der Waals surface area (Å²) in [5, 5.41) is 11.4. The van der Waals surface area contributed by atoms with Gasteiger partial charge in [-0.25, -0.2) is 0 Å². The summed E-state index contributed by atoms with van der Waals surface area (Å²) in [4.78, 5) is 23.8. The van der Waals surface area contributed by atoms with Crippen LogP contribution in [0.25, 0.3) is 0 Å². The van der Waals surface area contributed by atoms with E-state index in [1.807, 2.05) is 11.9 Å². The summed E-state index contributed by atoms with van der Waals surface area (Å²) < 4.78 is 0. The van der Waals surface area contributed by atoms with Crippen LogP contribution in [0.3, 0.4) is 0 Å². The highest BCUT2D eigenvalue weighted by Gasteiger charge is 2.06. The molecule has 0 aliphatic carbocycles. The first-order chi connectivity index (χ1) is 8.41. The van der Waals surface area contributed by atoms with E-state index in [4.69, 9.17) is 5.11 Å². The van der Waals surface area contributed by atoms with E-state index < -0.39 is 5.97 Å². The third-order valence-electron chi connectivity index (χ3n) is 2.55. The number of aliphatic carboxylic acids is 1. The number of carbonyl (C=O) groups excluding carboxylic acids is 1. The molecule has 0 unspecified atom stereocenters. The van der Waals surface area contributed by atoms with Gasteiger partial charge in [-0.05, 0) is 32.4 Å². The molecule has 2 N–H and O–H groups in total. The van der Waals surface area contributed by atoms with E-state index >= 15 is 0 Å². The molecule has 5 nitrogen and oxygen atoms in total. The minimum absolute atomic E-state index is 0.0525. The Balaban J connectivity index is 3.49. The van der Waals surface area contributed by atoms with Gasteiger partial charge in [0, 0.05) is 13.0 Å². The van der Waals surface area contributed by atoms with Gasteiger partial charge in [-0.1, -0.05) is 20.3 Å². The van der Waals surface area contributed by atoms with Gasteiger partial charge in [-0.3, -0.25) is 14.5 Å². The summed E-state index contributed by atoms with van der Waals surface area (Å²) in [6.07, 6.45) is 2.77. The van der Waals surface area contributed by atoms with Crippen molar-refractivity contribution in [2.45, 2.75) is 39.5 Å². The Hall–Kier alpha value is -1.10. The average molecular weight is 258 g/mol. The first-order valence-corrected chi connectivity index (χ1v) is 6.59. The van der Waals surface area contributed by atoms with Gasteiger partial charge in [0.1, 0.15) is 0 Å². The SMILES string of the molecule is CC(C)CNC(=O)CN(C)CCCCCC(=O)O. The molecule has 106 valence electrons. The molecule has 5 heteroatoms. The quantitative estimate of drug-likeness (QED) is 0.580. The van der Waals surface area contributed by atoms with E-state index in [2.05, 4.69) is 19.2 Å². The number of rotatable bonds is 10. The molecule has 1 amide bonds. The van der Waals surface area contributed by atoms with Crippen LogP contribution in [-0.4, -0.2) is 48.6 Å². The molecule has 0 aliphatic heterocycles. The molecule has 0 bridgehead atoms. The van der Waals surface area contributed by atoms with E-state index in [-0.39, 0.29) is 12.3 Å². The minimum Gasteiger partial charge on any atom is -0.481 e. The lowest BCUT2D eigenvalue weighted by Gasteiger charge is -2.16. The zero-order valence-corrected chi connectivity index (χ0v) is 11.7. The third kappa shape index (κ3) is 11.4. The van der Waals surface area contributed by atoms with E-state index in [1.165, 1.54) is 0 Å². The first-order valence-electron chi connectivity index (χ1n) is 6.59. The molecule has 0 saturated carbocycles. The molecule has 0 heterocycles. The first kappa shape index (κ1) is 16.9. The van der Waals surface area contributed by atoms with Crippen LogP contribution < -0.4 is 5.32 Å². The zero-order valence-electron chi connectivity index (χ0n) is 11.7. The van der Waals surface area contributed by atoms with Crippen molar-refractivity contribution in [1.82, 2.24) is 10.2 Å². The lowest BCUT2D eigenvalue weighted by Crippen LogP contribution is -2.37. The van der Waals surface area contributed by atoms with Gasteiger partial charge < -0.3 is 10.4 Å². The van der Waals surface area contributed by atoms with Crippen molar-refractivity contribution in [3.8, 4) is 0 Å². The van der Waals surface area contributed by atoms with Crippen LogP contribution in [0.2, 0.25) is 0 Å². The smallest absolute Gasteiger partial charge is 0.303 e. The molecule has 0 rings (SSSR count). The summed E-state index contributed by atoms with van der Waals surface area (Å²) in [5.74, 6) is -0.219. The van der Waals surface area contributed by atoms with Gasteiger partial charge in [-0.2, -0.15) is 0 Å². The summed E-state index contributed by atoms with van der Waals surface area (Å²) >= 11 is 0. The third-order valence-corrected chi connectivity index (χ3v) is 2.55. The Morgan fingerprint density at radius 3 is 2.44 bits per heavy atom. The van der Waals surface area contributed by atoms with Gasteiger partial charge in [0.15, 0.2) is 0 Å². The molecule has 0 aromatic carbocycles. The van der Waals surface area contributed by atoms with Crippen molar-refractivity contribution < 1.29 is 14.7 Å². The highest BCUT2D eigenvalue weighted by atomic mass is 16.4. The highest BCUT2D eigenvalue weighted by Crippen LogP contribution is 2.00. The van der Waals surface area contributed by atoms with E-state index in [9.17, 15) is 9.59 Å². The van der Waals surface area contributed by atoms with Crippen LogP contribution in [0.1, 0.15) is 39.5 Å². The second-order valence-electron chi connectivity index (χ2n) is 5.14. The number of carbonyl (C=O) groups is 2. The number of nitrogens with one attached hydrogen (secondary N) is 1. The van der Waals surface area contributed by atoms with Crippen molar-refractivity contribution in [3.05, 3.63) is 0 Å². The Kier molecular flexibility index (Phi) is 9.28. The second-order valence-corrected chi connectivity index (χ2v) is 5.14. The second kappa shape index (κ2) is 9.88. The van der Waals surface area contributed by atoms with Gasteiger partial charge in [0.05, 0.1) is 6.54 Å². The van der Waals surface area contributed by atoms with Crippen LogP contribution in [0.4, 0.5) is 0 Å². The predicted octanol–water partition coefficient (Wildman–Crippen LogP) is 1.34. The highest BCUT2D eigenvalue weighted by molar-refractivity contribution is 5.77. The molecule has 0 radical (unpaired) electrons. The maximum Gasteiger partial charge on any atom is 0.303 e. The Morgan fingerprint density at radius 1 is 1.22 bits per heavy atom. The number of likely N-dealkylation sites (N-methyl/N-ethyl adjacent to an activating group) is 1. The molecule has 0 aromatic rings. The maximum absolute atomic E-state index is 11.5. The molecule has 0 fully saturated rings. The van der Waals surface area contributed by atoms with Crippen molar-refractivity contribution in [2.24, 2.45) is 5.92 Å². The molecule has 18 heavy (non-hydrogen) atoms. The number of amides is 1. The average Bonchev–Trinajstić information content (AvgIpc) is 2.25. The summed E-state index contributed by atoms with van der Waals surface area (Å²) in [5.41, 5.74) is 0.